The van der Waals surface area contributed by atoms with E-state index in [9.17, 15) is 9.18 Å². The fourth-order valence-electron chi connectivity index (χ4n) is 2.06. The van der Waals surface area contributed by atoms with E-state index in [0.717, 1.165) is 11.4 Å². The third-order valence-electron chi connectivity index (χ3n) is 3.11. The van der Waals surface area contributed by atoms with Crippen molar-refractivity contribution in [3.05, 3.63) is 77.1 Å². The van der Waals surface area contributed by atoms with Gasteiger partial charge in [-0.25, -0.2) is 9.37 Å². The molecule has 0 spiro atoms. The predicted molar refractivity (Wildman–Crippen MR) is 86.2 cm³/mol. The number of rotatable bonds is 3. The second-order valence-electron chi connectivity index (χ2n) is 4.75. The van der Waals surface area contributed by atoms with Crippen molar-refractivity contribution in [1.29, 1.82) is 0 Å². The predicted octanol–water partition coefficient (Wildman–Crippen LogP) is 4.57. The van der Waals surface area contributed by atoms with Gasteiger partial charge in [0.2, 0.25) is 0 Å². The number of thiazole rings is 1. The minimum atomic E-state index is -0.368. The van der Waals surface area contributed by atoms with Crippen LogP contribution in [0.15, 0.2) is 60.0 Å². The van der Waals surface area contributed by atoms with Crippen LogP contribution in [0.3, 0.4) is 0 Å². The molecule has 0 saturated carbocycles. The minimum Gasteiger partial charge on any atom is -0.268 e. The lowest BCUT2D eigenvalue weighted by Crippen LogP contribution is -2.25. The molecule has 2 aromatic carbocycles. The standard InChI is InChI=1S/C17H13FN2OS/c1-12-11-22-17(19-12)20(15-5-3-2-4-6-15)16(21)13-7-9-14(18)10-8-13/h2-11H,1H3. The first-order valence-electron chi connectivity index (χ1n) is 6.72. The number of amides is 1. The zero-order chi connectivity index (χ0) is 15.5. The highest BCUT2D eigenvalue weighted by atomic mass is 32.1. The van der Waals surface area contributed by atoms with Gasteiger partial charge in [0.05, 0.1) is 11.4 Å². The summed E-state index contributed by atoms with van der Waals surface area (Å²) in [6.07, 6.45) is 0. The topological polar surface area (TPSA) is 33.2 Å². The van der Waals surface area contributed by atoms with Gasteiger partial charge < -0.3 is 0 Å². The van der Waals surface area contributed by atoms with Crippen molar-refractivity contribution >= 4 is 28.1 Å². The molecule has 0 saturated heterocycles. The van der Waals surface area contributed by atoms with Crippen LogP contribution in [0.1, 0.15) is 16.1 Å². The average molecular weight is 312 g/mol. The van der Waals surface area contributed by atoms with Crippen LogP contribution in [-0.2, 0) is 0 Å². The van der Waals surface area contributed by atoms with E-state index in [1.165, 1.54) is 35.6 Å². The summed E-state index contributed by atoms with van der Waals surface area (Å²) in [6, 6.07) is 14.8. The van der Waals surface area contributed by atoms with Crippen molar-refractivity contribution in [1.82, 2.24) is 4.98 Å². The number of aromatic nitrogens is 1. The third kappa shape index (κ3) is 2.89. The highest BCUT2D eigenvalue weighted by Crippen LogP contribution is 2.30. The summed E-state index contributed by atoms with van der Waals surface area (Å²) in [6.45, 7) is 1.88. The number of benzene rings is 2. The Bertz CT molecular complexity index is 784. The van der Waals surface area contributed by atoms with Crippen molar-refractivity contribution in [2.75, 3.05) is 4.90 Å². The second kappa shape index (κ2) is 6.07. The zero-order valence-corrected chi connectivity index (χ0v) is 12.7. The number of carbonyl (C=O) groups is 1. The molecule has 0 aliphatic carbocycles. The van der Waals surface area contributed by atoms with E-state index >= 15 is 0 Å². The highest BCUT2D eigenvalue weighted by molar-refractivity contribution is 7.14. The van der Waals surface area contributed by atoms with Crippen molar-refractivity contribution in [2.45, 2.75) is 6.92 Å². The third-order valence-corrected chi connectivity index (χ3v) is 4.05. The van der Waals surface area contributed by atoms with Gasteiger partial charge in [-0.3, -0.25) is 9.69 Å². The van der Waals surface area contributed by atoms with Crippen LogP contribution in [0.25, 0.3) is 0 Å². The van der Waals surface area contributed by atoms with Gasteiger partial charge >= 0.3 is 0 Å². The Morgan fingerprint density at radius 3 is 2.36 bits per heavy atom. The Kier molecular flexibility index (Phi) is 3.98. The van der Waals surface area contributed by atoms with Crippen LogP contribution in [-0.4, -0.2) is 10.9 Å². The Hall–Kier alpha value is -2.53. The number of hydrogen-bond donors (Lipinski definition) is 0. The number of halogens is 1. The maximum Gasteiger partial charge on any atom is 0.264 e. The molecule has 0 aliphatic rings. The van der Waals surface area contributed by atoms with Crippen LogP contribution in [0.2, 0.25) is 0 Å². The molecule has 1 aromatic heterocycles. The first kappa shape index (κ1) is 14.4. The lowest BCUT2D eigenvalue weighted by atomic mass is 10.2. The van der Waals surface area contributed by atoms with E-state index in [1.54, 1.807) is 4.90 Å². The Morgan fingerprint density at radius 1 is 1.09 bits per heavy atom. The van der Waals surface area contributed by atoms with Gasteiger partial charge in [-0.2, -0.15) is 0 Å². The monoisotopic (exact) mass is 312 g/mol. The summed E-state index contributed by atoms with van der Waals surface area (Å²) < 4.78 is 13.1. The Morgan fingerprint density at radius 2 is 1.77 bits per heavy atom. The molecule has 0 radical (unpaired) electrons. The Labute approximate surface area is 131 Å². The maximum atomic E-state index is 13.1. The molecule has 110 valence electrons. The van der Waals surface area contributed by atoms with Crippen molar-refractivity contribution < 1.29 is 9.18 Å². The quantitative estimate of drug-likeness (QED) is 0.710. The second-order valence-corrected chi connectivity index (χ2v) is 5.59. The van der Waals surface area contributed by atoms with Gasteiger partial charge in [0, 0.05) is 10.9 Å². The molecule has 22 heavy (non-hydrogen) atoms. The summed E-state index contributed by atoms with van der Waals surface area (Å²) in [4.78, 5) is 18.8. The van der Waals surface area contributed by atoms with Crippen molar-refractivity contribution in [3.63, 3.8) is 0 Å². The summed E-state index contributed by atoms with van der Waals surface area (Å²) >= 11 is 1.40. The summed E-state index contributed by atoms with van der Waals surface area (Å²) in [5, 5.41) is 2.49. The Balaban J connectivity index is 2.05. The minimum absolute atomic E-state index is 0.236. The van der Waals surface area contributed by atoms with Gasteiger partial charge in [-0.05, 0) is 43.3 Å². The first-order chi connectivity index (χ1) is 10.6. The molecular formula is C17H13FN2OS. The lowest BCUT2D eigenvalue weighted by molar-refractivity contribution is 0.0999. The van der Waals surface area contributed by atoms with E-state index in [2.05, 4.69) is 4.98 Å². The van der Waals surface area contributed by atoms with E-state index in [-0.39, 0.29) is 11.7 Å². The fraction of sp³-hybridized carbons (Fsp3) is 0.0588. The van der Waals surface area contributed by atoms with E-state index in [4.69, 9.17) is 0 Å². The molecule has 0 bridgehead atoms. The zero-order valence-electron chi connectivity index (χ0n) is 11.9. The first-order valence-corrected chi connectivity index (χ1v) is 7.60. The normalized spacial score (nSPS) is 10.5. The van der Waals surface area contributed by atoms with Gasteiger partial charge in [0.25, 0.3) is 5.91 Å². The van der Waals surface area contributed by atoms with E-state index in [0.29, 0.717) is 10.7 Å². The van der Waals surface area contributed by atoms with Crippen molar-refractivity contribution in [2.24, 2.45) is 0 Å². The number of nitrogens with zero attached hydrogens (tertiary/aromatic N) is 2. The molecule has 3 nitrogen and oxygen atoms in total. The van der Waals surface area contributed by atoms with E-state index in [1.807, 2.05) is 42.6 Å². The molecule has 0 aliphatic heterocycles. The molecule has 0 atom stereocenters. The molecule has 0 N–H and O–H groups in total. The lowest BCUT2D eigenvalue weighted by Gasteiger charge is -2.20. The summed E-state index contributed by atoms with van der Waals surface area (Å²) in [7, 11) is 0. The maximum absolute atomic E-state index is 13.1. The van der Waals surface area contributed by atoms with Gasteiger partial charge in [0.1, 0.15) is 5.82 Å². The molecular weight excluding hydrogens is 299 g/mol. The van der Waals surface area contributed by atoms with Gasteiger partial charge in [-0.1, -0.05) is 18.2 Å². The van der Waals surface area contributed by atoms with Crippen LogP contribution in [0.4, 0.5) is 15.2 Å². The van der Waals surface area contributed by atoms with Gasteiger partial charge in [0.15, 0.2) is 5.13 Å². The largest absolute Gasteiger partial charge is 0.268 e. The number of hydrogen-bond acceptors (Lipinski definition) is 3. The molecule has 3 rings (SSSR count). The molecule has 3 aromatic rings. The molecule has 1 heterocycles. The van der Waals surface area contributed by atoms with Crippen LogP contribution in [0, 0.1) is 12.7 Å². The van der Waals surface area contributed by atoms with Gasteiger partial charge in [-0.15, -0.1) is 11.3 Å². The molecule has 0 unspecified atom stereocenters. The smallest absolute Gasteiger partial charge is 0.264 e. The number of anilines is 2. The van der Waals surface area contributed by atoms with E-state index < -0.39 is 0 Å². The van der Waals surface area contributed by atoms with Crippen LogP contribution >= 0.6 is 11.3 Å². The molecule has 5 heteroatoms. The number of para-hydroxylation sites is 1. The summed E-state index contributed by atoms with van der Waals surface area (Å²) in [5.74, 6) is -0.603. The number of carbonyl (C=O) groups excluding carboxylic acids is 1. The highest BCUT2D eigenvalue weighted by Gasteiger charge is 2.22. The number of aryl methyl sites for hydroxylation is 1. The van der Waals surface area contributed by atoms with Crippen LogP contribution < -0.4 is 4.90 Å². The van der Waals surface area contributed by atoms with Crippen molar-refractivity contribution in [3.8, 4) is 0 Å². The SMILES string of the molecule is Cc1csc(N(C(=O)c2ccc(F)cc2)c2ccccc2)n1. The average Bonchev–Trinajstić information content (AvgIpc) is 2.95. The molecule has 0 fully saturated rings. The fourth-order valence-corrected chi connectivity index (χ4v) is 2.88. The summed E-state index contributed by atoms with van der Waals surface area (Å²) in [5.41, 5.74) is 2.00. The van der Waals surface area contributed by atoms with Crippen LogP contribution in [0.5, 0.6) is 0 Å². The molecule has 1 amide bonds.